The van der Waals surface area contributed by atoms with Crippen molar-refractivity contribution in [2.45, 2.75) is 6.42 Å². The Labute approximate surface area is 105 Å². The average Bonchev–Trinajstić information content (AvgIpc) is 2.81. The highest BCUT2D eigenvalue weighted by molar-refractivity contribution is 5.84. The molecular formula is C13H16N2O3. The highest BCUT2D eigenvalue weighted by atomic mass is 16.5. The minimum atomic E-state index is -0.471. The van der Waals surface area contributed by atoms with Crippen LogP contribution in [0.3, 0.4) is 0 Å². The van der Waals surface area contributed by atoms with Gasteiger partial charge in [-0.2, -0.15) is 0 Å². The number of methoxy groups -OCH3 is 1. The summed E-state index contributed by atoms with van der Waals surface area (Å²) in [7, 11) is 1.63. The molecule has 0 spiro atoms. The summed E-state index contributed by atoms with van der Waals surface area (Å²) < 4.78 is 5.19. The third kappa shape index (κ3) is 2.62. The van der Waals surface area contributed by atoms with E-state index in [9.17, 15) is 4.79 Å². The van der Waals surface area contributed by atoms with Gasteiger partial charge < -0.3 is 20.1 Å². The normalized spacial score (nSPS) is 10.6. The molecule has 0 aliphatic heterocycles. The monoisotopic (exact) mass is 248 g/mol. The molecule has 1 heterocycles. The van der Waals surface area contributed by atoms with Gasteiger partial charge in [-0.05, 0) is 30.2 Å². The van der Waals surface area contributed by atoms with Crippen molar-refractivity contribution in [3.63, 3.8) is 0 Å². The van der Waals surface area contributed by atoms with E-state index in [0.717, 1.165) is 22.2 Å². The first-order chi connectivity index (χ1) is 8.74. The van der Waals surface area contributed by atoms with E-state index in [4.69, 9.17) is 9.84 Å². The van der Waals surface area contributed by atoms with Gasteiger partial charge in [0.05, 0.1) is 7.11 Å². The maximum absolute atomic E-state index is 10.9. The van der Waals surface area contributed by atoms with Crippen molar-refractivity contribution in [3.05, 3.63) is 30.0 Å². The third-order valence-corrected chi connectivity index (χ3v) is 2.83. The van der Waals surface area contributed by atoms with Crippen LogP contribution >= 0.6 is 0 Å². The molecule has 5 nitrogen and oxygen atoms in total. The van der Waals surface area contributed by atoms with Gasteiger partial charge in [0.25, 0.3) is 0 Å². The predicted molar refractivity (Wildman–Crippen MR) is 68.7 cm³/mol. The Balaban J connectivity index is 2.10. The number of hydrogen-bond acceptors (Lipinski definition) is 3. The Morgan fingerprint density at radius 2 is 2.33 bits per heavy atom. The number of hydrogen-bond donors (Lipinski definition) is 3. The van der Waals surface area contributed by atoms with Gasteiger partial charge in [-0.3, -0.25) is 4.79 Å². The standard InChI is InChI=1S/C13H16N2O3/c1-18-10-2-3-12-11(6-10)9(7-15-12)4-5-14-13(17)8-16/h2-3,6-7,15-16H,4-5,8H2,1H3,(H,14,17). The lowest BCUT2D eigenvalue weighted by Gasteiger charge is -2.03. The Morgan fingerprint density at radius 3 is 3.06 bits per heavy atom. The van der Waals surface area contributed by atoms with Gasteiger partial charge in [0, 0.05) is 23.6 Å². The molecule has 18 heavy (non-hydrogen) atoms. The minimum Gasteiger partial charge on any atom is -0.497 e. The van der Waals surface area contributed by atoms with E-state index < -0.39 is 6.61 Å². The average molecular weight is 248 g/mol. The van der Waals surface area contributed by atoms with Crippen LogP contribution in [0, 0.1) is 0 Å². The Kier molecular flexibility index (Phi) is 3.84. The van der Waals surface area contributed by atoms with Crippen molar-refractivity contribution in [1.82, 2.24) is 10.3 Å². The van der Waals surface area contributed by atoms with Gasteiger partial charge in [0.15, 0.2) is 0 Å². The molecule has 0 fully saturated rings. The number of carbonyl (C=O) groups excluding carboxylic acids is 1. The second-order valence-corrected chi connectivity index (χ2v) is 3.98. The molecule has 0 aliphatic rings. The van der Waals surface area contributed by atoms with Crippen molar-refractivity contribution in [2.24, 2.45) is 0 Å². The Morgan fingerprint density at radius 1 is 1.50 bits per heavy atom. The van der Waals surface area contributed by atoms with Crippen LogP contribution in [-0.2, 0) is 11.2 Å². The smallest absolute Gasteiger partial charge is 0.245 e. The number of H-pyrrole nitrogens is 1. The number of rotatable bonds is 5. The summed E-state index contributed by atoms with van der Waals surface area (Å²) in [5, 5.41) is 12.3. The Bertz CT molecular complexity index is 548. The van der Waals surface area contributed by atoms with Crippen LogP contribution in [0.2, 0.25) is 0 Å². The van der Waals surface area contributed by atoms with E-state index in [0.29, 0.717) is 13.0 Å². The molecule has 3 N–H and O–H groups in total. The van der Waals surface area contributed by atoms with E-state index in [1.807, 2.05) is 24.4 Å². The summed E-state index contributed by atoms with van der Waals surface area (Å²) in [4.78, 5) is 14.1. The zero-order valence-electron chi connectivity index (χ0n) is 10.2. The molecule has 1 aromatic carbocycles. The number of fused-ring (bicyclic) bond motifs is 1. The van der Waals surface area contributed by atoms with Crippen molar-refractivity contribution >= 4 is 16.8 Å². The van der Waals surface area contributed by atoms with Crippen LogP contribution in [0.4, 0.5) is 0 Å². The molecule has 0 saturated carbocycles. The fourth-order valence-corrected chi connectivity index (χ4v) is 1.88. The number of ether oxygens (including phenoxy) is 1. The summed E-state index contributed by atoms with van der Waals surface area (Å²) in [6.45, 7) is 0.0330. The van der Waals surface area contributed by atoms with Gasteiger partial charge in [0.2, 0.25) is 5.91 Å². The summed E-state index contributed by atoms with van der Waals surface area (Å²) in [5.74, 6) is 0.454. The maximum atomic E-state index is 10.9. The van der Waals surface area contributed by atoms with Crippen LogP contribution in [0.5, 0.6) is 5.75 Å². The van der Waals surface area contributed by atoms with Crippen LogP contribution < -0.4 is 10.1 Å². The Hall–Kier alpha value is -2.01. The van der Waals surface area contributed by atoms with Crippen LogP contribution in [0.15, 0.2) is 24.4 Å². The van der Waals surface area contributed by atoms with Gasteiger partial charge in [0.1, 0.15) is 12.4 Å². The molecular weight excluding hydrogens is 232 g/mol. The number of carbonyl (C=O) groups is 1. The SMILES string of the molecule is COc1ccc2[nH]cc(CCNC(=O)CO)c2c1. The molecule has 1 aromatic heterocycles. The van der Waals surface area contributed by atoms with Crippen molar-refractivity contribution in [3.8, 4) is 5.75 Å². The highest BCUT2D eigenvalue weighted by Crippen LogP contribution is 2.23. The molecule has 1 amide bonds. The molecule has 0 saturated heterocycles. The highest BCUT2D eigenvalue weighted by Gasteiger charge is 2.05. The number of aromatic amines is 1. The fraction of sp³-hybridized carbons (Fsp3) is 0.308. The molecule has 0 atom stereocenters. The van der Waals surface area contributed by atoms with Gasteiger partial charge in [-0.1, -0.05) is 0 Å². The molecule has 0 bridgehead atoms. The second kappa shape index (κ2) is 5.55. The molecule has 2 aromatic rings. The van der Waals surface area contributed by atoms with E-state index in [2.05, 4.69) is 10.3 Å². The number of nitrogens with one attached hydrogen (secondary N) is 2. The fourth-order valence-electron chi connectivity index (χ4n) is 1.88. The summed E-state index contributed by atoms with van der Waals surface area (Å²) in [6.07, 6.45) is 2.63. The summed E-state index contributed by atoms with van der Waals surface area (Å²) in [6, 6.07) is 5.83. The first-order valence-corrected chi connectivity index (χ1v) is 5.76. The zero-order valence-corrected chi connectivity index (χ0v) is 10.2. The third-order valence-electron chi connectivity index (χ3n) is 2.83. The van der Waals surface area contributed by atoms with E-state index >= 15 is 0 Å². The van der Waals surface area contributed by atoms with Gasteiger partial charge in [-0.25, -0.2) is 0 Å². The zero-order chi connectivity index (χ0) is 13.0. The number of aliphatic hydroxyl groups excluding tert-OH is 1. The van der Waals surface area contributed by atoms with Crippen molar-refractivity contribution < 1.29 is 14.6 Å². The predicted octanol–water partition coefficient (Wildman–Crippen LogP) is 0.827. The van der Waals surface area contributed by atoms with E-state index in [1.54, 1.807) is 7.11 Å². The summed E-state index contributed by atoms with van der Waals surface area (Å²) in [5.41, 5.74) is 2.15. The first-order valence-electron chi connectivity index (χ1n) is 5.76. The number of benzene rings is 1. The van der Waals surface area contributed by atoms with Gasteiger partial charge in [-0.15, -0.1) is 0 Å². The molecule has 0 unspecified atom stereocenters. The second-order valence-electron chi connectivity index (χ2n) is 3.98. The lowest BCUT2D eigenvalue weighted by molar-refractivity contribution is -0.123. The topological polar surface area (TPSA) is 74.3 Å². The maximum Gasteiger partial charge on any atom is 0.245 e. The molecule has 0 aliphatic carbocycles. The van der Waals surface area contributed by atoms with E-state index in [1.165, 1.54) is 0 Å². The van der Waals surface area contributed by atoms with E-state index in [-0.39, 0.29) is 5.91 Å². The largest absolute Gasteiger partial charge is 0.497 e. The van der Waals surface area contributed by atoms with Crippen LogP contribution in [-0.4, -0.2) is 36.3 Å². The van der Waals surface area contributed by atoms with Crippen molar-refractivity contribution in [2.75, 3.05) is 20.3 Å². The van der Waals surface area contributed by atoms with Gasteiger partial charge >= 0.3 is 0 Å². The summed E-state index contributed by atoms with van der Waals surface area (Å²) >= 11 is 0. The molecule has 2 rings (SSSR count). The molecule has 0 radical (unpaired) electrons. The first kappa shape index (κ1) is 12.4. The number of aliphatic hydroxyl groups is 1. The van der Waals surface area contributed by atoms with Crippen LogP contribution in [0.1, 0.15) is 5.56 Å². The quantitative estimate of drug-likeness (QED) is 0.733. The molecule has 96 valence electrons. The number of amides is 1. The van der Waals surface area contributed by atoms with Crippen LogP contribution in [0.25, 0.3) is 10.9 Å². The minimum absolute atomic E-state index is 0.354. The number of aromatic nitrogens is 1. The molecule has 5 heteroatoms. The van der Waals surface area contributed by atoms with Crippen molar-refractivity contribution in [1.29, 1.82) is 0 Å². The lowest BCUT2D eigenvalue weighted by Crippen LogP contribution is -2.28. The lowest BCUT2D eigenvalue weighted by atomic mass is 10.1.